The summed E-state index contributed by atoms with van der Waals surface area (Å²) >= 11 is 3.38. The van der Waals surface area contributed by atoms with E-state index in [1.807, 2.05) is 30.3 Å². The molecule has 8 heteroatoms. The fraction of sp³-hybridized carbons (Fsp3) is 0.211. The topological polar surface area (TPSA) is 99.2 Å². The van der Waals surface area contributed by atoms with Gasteiger partial charge in [-0.05, 0) is 23.8 Å². The van der Waals surface area contributed by atoms with Crippen molar-refractivity contribution in [3.63, 3.8) is 0 Å². The van der Waals surface area contributed by atoms with E-state index in [-0.39, 0.29) is 12.5 Å². The number of hydrogen-bond donors (Lipinski definition) is 2. The van der Waals surface area contributed by atoms with Crippen LogP contribution in [0.4, 0.5) is 5.69 Å². The minimum Gasteiger partial charge on any atom is -0.373 e. The number of hydrogen-bond acceptors (Lipinski definition) is 5. The van der Waals surface area contributed by atoms with Crippen molar-refractivity contribution < 1.29 is 14.7 Å². The van der Waals surface area contributed by atoms with Crippen LogP contribution in [0.15, 0.2) is 58.0 Å². The van der Waals surface area contributed by atoms with Crippen molar-refractivity contribution in [1.82, 2.24) is 4.90 Å². The number of fused-ring (bicyclic) bond motifs is 1. The highest BCUT2D eigenvalue weighted by atomic mass is 79.9. The molecule has 3 N–H and O–H groups in total. The molecule has 2 heterocycles. The molecule has 0 radical (unpaired) electrons. The smallest absolute Gasteiger partial charge is 0.275 e. The number of benzene rings is 2. The zero-order valence-corrected chi connectivity index (χ0v) is 16.0. The predicted molar refractivity (Wildman–Crippen MR) is 104 cm³/mol. The Balaban J connectivity index is 1.83. The number of nitrogens with zero attached hydrogens (tertiary/aromatic N) is 3. The van der Waals surface area contributed by atoms with Crippen LogP contribution < -0.4 is 10.6 Å². The van der Waals surface area contributed by atoms with Gasteiger partial charge in [-0.1, -0.05) is 46.3 Å². The third kappa shape index (κ3) is 2.55. The van der Waals surface area contributed by atoms with E-state index < -0.39 is 23.5 Å². The van der Waals surface area contributed by atoms with Crippen molar-refractivity contribution in [1.29, 1.82) is 0 Å². The highest BCUT2D eigenvalue weighted by Gasteiger charge is 2.60. The lowest BCUT2D eigenvalue weighted by molar-refractivity contribution is -0.147. The lowest BCUT2D eigenvalue weighted by Gasteiger charge is -2.32. The Kier molecular flexibility index (Phi) is 4.05. The molecule has 0 saturated carbocycles. The van der Waals surface area contributed by atoms with Crippen LogP contribution >= 0.6 is 15.9 Å². The molecule has 4 rings (SSSR count). The van der Waals surface area contributed by atoms with Gasteiger partial charge in [-0.2, -0.15) is 4.99 Å². The molecule has 0 saturated heterocycles. The van der Waals surface area contributed by atoms with Gasteiger partial charge < -0.3 is 20.6 Å². The first-order chi connectivity index (χ1) is 12.8. The summed E-state index contributed by atoms with van der Waals surface area (Å²) in [6.07, 6.45) is 0. The number of rotatable bonds is 3. The van der Waals surface area contributed by atoms with Gasteiger partial charge in [0.05, 0.1) is 12.2 Å². The van der Waals surface area contributed by atoms with Crippen LogP contribution in [-0.4, -0.2) is 40.9 Å². The zero-order valence-electron chi connectivity index (χ0n) is 14.5. The number of carbonyl (C=O) groups excluding carboxylic acids is 2. The van der Waals surface area contributed by atoms with Crippen molar-refractivity contribution in [2.45, 2.75) is 18.2 Å². The molecule has 2 atom stereocenters. The minimum absolute atomic E-state index is 0.0238. The van der Waals surface area contributed by atoms with Gasteiger partial charge in [0.2, 0.25) is 5.60 Å². The third-order valence-electron chi connectivity index (χ3n) is 5.02. The molecule has 2 amide bonds. The number of guanidine groups is 1. The Morgan fingerprint density at radius 1 is 1.22 bits per heavy atom. The predicted octanol–water partition coefficient (Wildman–Crippen LogP) is 1.34. The van der Waals surface area contributed by atoms with Crippen molar-refractivity contribution >= 4 is 39.4 Å². The zero-order chi connectivity index (χ0) is 19.3. The van der Waals surface area contributed by atoms with Gasteiger partial charge in [0, 0.05) is 17.1 Å². The first-order valence-electron chi connectivity index (χ1n) is 8.33. The van der Waals surface area contributed by atoms with Crippen molar-refractivity contribution in [2.24, 2.45) is 10.7 Å². The summed E-state index contributed by atoms with van der Waals surface area (Å²) in [4.78, 5) is 32.4. The minimum atomic E-state index is -2.08. The SMILES string of the molecule is CN1C(N)=NC(=O)[C@H]1[C@@]1(O)C(=O)N(Cc2ccccc2)c2ccc(Br)cc21. The molecule has 2 aromatic carbocycles. The van der Waals surface area contributed by atoms with E-state index in [0.29, 0.717) is 15.7 Å². The van der Waals surface area contributed by atoms with Crippen LogP contribution in [0.3, 0.4) is 0 Å². The van der Waals surface area contributed by atoms with Crippen molar-refractivity contribution in [3.8, 4) is 0 Å². The van der Waals surface area contributed by atoms with Crippen LogP contribution in [0.25, 0.3) is 0 Å². The van der Waals surface area contributed by atoms with Gasteiger partial charge in [0.25, 0.3) is 11.8 Å². The van der Waals surface area contributed by atoms with Crippen LogP contribution in [0, 0.1) is 0 Å². The standard InChI is InChI=1S/C19H17BrN4O3/c1-23-15(16(25)22-18(23)21)19(27)13-9-12(20)7-8-14(13)24(17(19)26)10-11-5-3-2-4-6-11/h2-9,15,27H,10H2,1H3,(H2,21,22,25)/t15-,19+/m0/s1. The molecule has 0 aliphatic carbocycles. The second-order valence-electron chi connectivity index (χ2n) is 6.63. The van der Waals surface area contributed by atoms with Gasteiger partial charge in [0.1, 0.15) is 0 Å². The molecule has 0 aromatic heterocycles. The molecule has 0 unspecified atom stereocenters. The number of aliphatic hydroxyl groups is 1. The summed E-state index contributed by atoms with van der Waals surface area (Å²) < 4.78 is 0.691. The number of likely N-dealkylation sites (N-methyl/N-ethyl adjacent to an activating group) is 1. The number of halogens is 1. The average molecular weight is 429 g/mol. The summed E-state index contributed by atoms with van der Waals surface area (Å²) in [6.45, 7) is 0.275. The second kappa shape index (κ2) is 6.17. The molecule has 7 nitrogen and oxygen atoms in total. The van der Waals surface area contributed by atoms with E-state index in [2.05, 4.69) is 20.9 Å². The molecule has 0 fully saturated rings. The first-order valence-corrected chi connectivity index (χ1v) is 9.12. The van der Waals surface area contributed by atoms with Crippen LogP contribution in [-0.2, 0) is 21.7 Å². The molecule has 138 valence electrons. The summed E-state index contributed by atoms with van der Waals surface area (Å²) in [5.74, 6) is -1.24. The van der Waals surface area contributed by atoms with Crippen molar-refractivity contribution in [3.05, 3.63) is 64.1 Å². The van der Waals surface area contributed by atoms with E-state index in [0.717, 1.165) is 5.56 Å². The lowest BCUT2D eigenvalue weighted by atomic mass is 9.86. The van der Waals surface area contributed by atoms with Crippen LogP contribution in [0.5, 0.6) is 0 Å². The Morgan fingerprint density at radius 2 is 1.93 bits per heavy atom. The molecule has 27 heavy (non-hydrogen) atoms. The Hall–Kier alpha value is -2.71. The molecule has 2 aliphatic rings. The number of nitrogens with two attached hydrogens (primary N) is 1. The maximum Gasteiger partial charge on any atom is 0.275 e. The summed E-state index contributed by atoms with van der Waals surface area (Å²) in [7, 11) is 1.54. The highest BCUT2D eigenvalue weighted by Crippen LogP contribution is 2.46. The van der Waals surface area contributed by atoms with E-state index >= 15 is 0 Å². The number of anilines is 1. The maximum atomic E-state index is 13.4. The van der Waals surface area contributed by atoms with E-state index in [4.69, 9.17) is 5.73 Å². The largest absolute Gasteiger partial charge is 0.373 e. The fourth-order valence-electron chi connectivity index (χ4n) is 3.68. The highest BCUT2D eigenvalue weighted by molar-refractivity contribution is 9.10. The van der Waals surface area contributed by atoms with Crippen LogP contribution in [0.1, 0.15) is 11.1 Å². The van der Waals surface area contributed by atoms with Crippen LogP contribution in [0.2, 0.25) is 0 Å². The van der Waals surface area contributed by atoms with E-state index in [9.17, 15) is 14.7 Å². The monoisotopic (exact) mass is 428 g/mol. The first kappa shape index (κ1) is 17.7. The number of aliphatic imine (C=N–C) groups is 1. The van der Waals surface area contributed by atoms with Gasteiger partial charge in [-0.15, -0.1) is 0 Å². The molecule has 0 bridgehead atoms. The van der Waals surface area contributed by atoms with Gasteiger partial charge in [0.15, 0.2) is 12.0 Å². The number of amides is 2. The molecule has 2 aromatic rings. The van der Waals surface area contributed by atoms with Gasteiger partial charge in [-0.25, -0.2) is 0 Å². The van der Waals surface area contributed by atoms with Gasteiger partial charge >= 0.3 is 0 Å². The number of carbonyl (C=O) groups is 2. The summed E-state index contributed by atoms with van der Waals surface area (Å²) in [6, 6.07) is 13.5. The molecule has 0 spiro atoms. The molecular weight excluding hydrogens is 412 g/mol. The van der Waals surface area contributed by atoms with E-state index in [1.165, 1.54) is 16.8 Å². The van der Waals surface area contributed by atoms with E-state index in [1.54, 1.807) is 18.2 Å². The average Bonchev–Trinajstić information content (AvgIpc) is 3.02. The molecular formula is C19H17BrN4O3. The normalized spacial score (nSPS) is 24.4. The van der Waals surface area contributed by atoms with Crippen molar-refractivity contribution in [2.75, 3.05) is 11.9 Å². The maximum absolute atomic E-state index is 13.4. The summed E-state index contributed by atoms with van der Waals surface area (Å²) in [5.41, 5.74) is 5.49. The molecule has 2 aliphatic heterocycles. The Labute approximate surface area is 164 Å². The summed E-state index contributed by atoms with van der Waals surface area (Å²) in [5, 5.41) is 11.5. The Bertz CT molecular complexity index is 978. The fourth-order valence-corrected chi connectivity index (χ4v) is 4.04. The second-order valence-corrected chi connectivity index (χ2v) is 7.54. The Morgan fingerprint density at radius 3 is 2.56 bits per heavy atom. The third-order valence-corrected chi connectivity index (χ3v) is 5.51. The lowest BCUT2D eigenvalue weighted by Crippen LogP contribution is -2.57. The van der Waals surface area contributed by atoms with Gasteiger partial charge in [-0.3, -0.25) is 9.59 Å². The quantitative estimate of drug-likeness (QED) is 0.768.